The molecule has 0 unspecified atom stereocenters. The summed E-state index contributed by atoms with van der Waals surface area (Å²) in [5.74, 6) is -3.58. The number of carboxylic acid groups (broad SMARTS) is 2. The summed E-state index contributed by atoms with van der Waals surface area (Å²) < 4.78 is 0.926. The van der Waals surface area contributed by atoms with E-state index in [2.05, 4.69) is 49.8 Å². The number of hydrogen-bond donors (Lipinski definition) is 4. The number of aromatic nitrogens is 4. The standard InChI is InChI=1S/C35H35N7O6/c1-2-9-27(33(44)41-18-16-40(17-19-41)30(22-10-5-3-6-11-22)23-12-7-4-8-13-23)37-32(43)28-21-24-20-25(14-15-26(24)36-28)42-31(35(47)48)29(34(45)46)38-39-42/h3-8,10-15,20-21,27,30,36H,2,9,16-19H2,1H3,(H,37,43)(H,45,46)(H,47,48)/t27-/m0/s1. The summed E-state index contributed by atoms with van der Waals surface area (Å²) in [6, 6.07) is 26.4. The van der Waals surface area contributed by atoms with Crippen molar-refractivity contribution in [2.45, 2.75) is 31.8 Å². The van der Waals surface area contributed by atoms with E-state index in [1.165, 1.54) is 17.2 Å². The third-order valence-electron chi connectivity index (χ3n) is 8.57. The highest BCUT2D eigenvalue weighted by atomic mass is 16.4. The molecule has 1 atom stereocenters. The number of aromatic amines is 1. The average molecular weight is 650 g/mol. The van der Waals surface area contributed by atoms with E-state index < -0.39 is 35.3 Å². The summed E-state index contributed by atoms with van der Waals surface area (Å²) in [7, 11) is 0. The summed E-state index contributed by atoms with van der Waals surface area (Å²) in [5, 5.41) is 29.6. The zero-order chi connectivity index (χ0) is 33.8. The molecule has 13 heteroatoms. The van der Waals surface area contributed by atoms with Crippen LogP contribution in [0, 0.1) is 0 Å². The van der Waals surface area contributed by atoms with Crippen molar-refractivity contribution >= 4 is 34.7 Å². The Labute approximate surface area is 275 Å². The Balaban J connectivity index is 1.15. The Morgan fingerprint density at radius 3 is 2.08 bits per heavy atom. The predicted octanol–water partition coefficient (Wildman–Crippen LogP) is 3.98. The minimum absolute atomic E-state index is 0.0674. The van der Waals surface area contributed by atoms with E-state index in [0.717, 1.165) is 4.68 Å². The summed E-state index contributed by atoms with van der Waals surface area (Å²) in [5.41, 5.74) is 2.17. The lowest BCUT2D eigenvalue weighted by atomic mass is 9.96. The molecule has 0 saturated carbocycles. The fourth-order valence-corrected chi connectivity index (χ4v) is 6.26. The topological polar surface area (TPSA) is 174 Å². The SMILES string of the molecule is CCC[C@H](NC(=O)c1cc2cc(-n3nnc(C(=O)O)c3C(=O)O)ccc2[nH]1)C(=O)N1CCN(C(c2ccccc2)c2ccccc2)CC1. The minimum Gasteiger partial charge on any atom is -0.476 e. The van der Waals surface area contributed by atoms with Crippen LogP contribution in [0.15, 0.2) is 84.9 Å². The Hall–Kier alpha value is -5.82. The molecule has 1 aliphatic heterocycles. The third kappa shape index (κ3) is 6.53. The normalized spacial score (nSPS) is 14.2. The van der Waals surface area contributed by atoms with Gasteiger partial charge in [0.2, 0.25) is 11.6 Å². The van der Waals surface area contributed by atoms with Crippen LogP contribution < -0.4 is 5.32 Å². The Bertz CT molecular complexity index is 1910. The zero-order valence-corrected chi connectivity index (χ0v) is 26.2. The van der Waals surface area contributed by atoms with Crippen molar-refractivity contribution in [3.63, 3.8) is 0 Å². The summed E-state index contributed by atoms with van der Waals surface area (Å²) in [6.07, 6.45) is 1.17. The Morgan fingerprint density at radius 2 is 1.50 bits per heavy atom. The van der Waals surface area contributed by atoms with Gasteiger partial charge in [0.15, 0.2) is 5.69 Å². The highest BCUT2D eigenvalue weighted by Gasteiger charge is 2.32. The van der Waals surface area contributed by atoms with Gasteiger partial charge in [0.25, 0.3) is 5.91 Å². The van der Waals surface area contributed by atoms with Crippen LogP contribution in [-0.2, 0) is 4.79 Å². The van der Waals surface area contributed by atoms with E-state index in [1.54, 1.807) is 18.2 Å². The van der Waals surface area contributed by atoms with Crippen molar-refractivity contribution in [3.8, 4) is 5.69 Å². The van der Waals surface area contributed by atoms with Crippen molar-refractivity contribution in [2.75, 3.05) is 26.2 Å². The van der Waals surface area contributed by atoms with E-state index >= 15 is 0 Å². The number of benzene rings is 3. The molecule has 1 aliphatic rings. The predicted molar refractivity (Wildman–Crippen MR) is 176 cm³/mol. The lowest BCUT2D eigenvalue weighted by Crippen LogP contribution is -2.55. The first-order valence-electron chi connectivity index (χ1n) is 15.7. The van der Waals surface area contributed by atoms with Gasteiger partial charge in [-0.2, -0.15) is 0 Å². The van der Waals surface area contributed by atoms with E-state index in [0.29, 0.717) is 49.9 Å². The maximum atomic E-state index is 13.8. The number of fused-ring (bicyclic) bond motifs is 1. The largest absolute Gasteiger partial charge is 0.476 e. The average Bonchev–Trinajstić information content (AvgIpc) is 3.75. The first-order chi connectivity index (χ1) is 23.2. The molecule has 1 saturated heterocycles. The van der Waals surface area contributed by atoms with Gasteiger partial charge in [-0.3, -0.25) is 14.5 Å². The molecule has 0 aliphatic carbocycles. The van der Waals surface area contributed by atoms with E-state index in [4.69, 9.17) is 0 Å². The lowest BCUT2D eigenvalue weighted by Gasteiger charge is -2.40. The van der Waals surface area contributed by atoms with Crippen LogP contribution in [0.4, 0.5) is 0 Å². The van der Waals surface area contributed by atoms with Gasteiger partial charge in [-0.25, -0.2) is 14.3 Å². The van der Waals surface area contributed by atoms with Crippen molar-refractivity contribution in [1.29, 1.82) is 0 Å². The van der Waals surface area contributed by atoms with Crippen molar-refractivity contribution < 1.29 is 29.4 Å². The quantitative estimate of drug-likeness (QED) is 0.165. The Kier molecular flexibility index (Phi) is 9.30. The van der Waals surface area contributed by atoms with Gasteiger partial charge in [-0.1, -0.05) is 79.2 Å². The van der Waals surface area contributed by atoms with Crippen LogP contribution in [-0.4, -0.2) is 96.0 Å². The maximum absolute atomic E-state index is 13.8. The van der Waals surface area contributed by atoms with Gasteiger partial charge in [0.05, 0.1) is 11.7 Å². The van der Waals surface area contributed by atoms with Crippen LogP contribution in [0.1, 0.15) is 68.4 Å². The number of rotatable bonds is 11. The smallest absolute Gasteiger partial charge is 0.359 e. The molecule has 4 N–H and O–H groups in total. The van der Waals surface area contributed by atoms with Crippen LogP contribution in [0.5, 0.6) is 0 Å². The highest BCUT2D eigenvalue weighted by Crippen LogP contribution is 2.30. The molecule has 3 heterocycles. The van der Waals surface area contributed by atoms with Crippen LogP contribution in [0.25, 0.3) is 16.6 Å². The highest BCUT2D eigenvalue weighted by molar-refractivity contribution is 6.01. The third-order valence-corrected chi connectivity index (χ3v) is 8.57. The van der Waals surface area contributed by atoms with E-state index in [1.807, 2.05) is 48.2 Å². The number of carboxylic acids is 2. The number of nitrogens with one attached hydrogen (secondary N) is 2. The molecule has 0 radical (unpaired) electrons. The number of carbonyl (C=O) groups excluding carboxylic acids is 2. The van der Waals surface area contributed by atoms with E-state index in [9.17, 15) is 29.4 Å². The van der Waals surface area contributed by atoms with E-state index in [-0.39, 0.29) is 23.3 Å². The van der Waals surface area contributed by atoms with Crippen molar-refractivity contribution in [2.24, 2.45) is 0 Å². The number of carbonyl (C=O) groups is 4. The molecule has 2 aromatic heterocycles. The number of hydrogen-bond acceptors (Lipinski definition) is 7. The lowest BCUT2D eigenvalue weighted by molar-refractivity contribution is -0.135. The number of aromatic carboxylic acids is 2. The van der Waals surface area contributed by atoms with Crippen LogP contribution >= 0.6 is 0 Å². The first kappa shape index (κ1) is 32.1. The van der Waals surface area contributed by atoms with Gasteiger partial charge in [0.1, 0.15) is 11.7 Å². The molecule has 0 bridgehead atoms. The maximum Gasteiger partial charge on any atom is 0.359 e. The number of piperazine rings is 1. The number of nitrogens with zero attached hydrogens (tertiary/aromatic N) is 5. The summed E-state index contributed by atoms with van der Waals surface area (Å²) in [6.45, 7) is 4.39. The fourth-order valence-electron chi connectivity index (χ4n) is 6.26. The molecule has 3 aromatic carbocycles. The van der Waals surface area contributed by atoms with Crippen molar-refractivity contribution in [1.82, 2.24) is 35.1 Å². The molecule has 13 nitrogen and oxygen atoms in total. The second-order valence-electron chi connectivity index (χ2n) is 11.7. The molecule has 48 heavy (non-hydrogen) atoms. The van der Waals surface area contributed by atoms with Gasteiger partial charge >= 0.3 is 11.9 Å². The van der Waals surface area contributed by atoms with Gasteiger partial charge < -0.3 is 25.4 Å². The second kappa shape index (κ2) is 13.9. The Morgan fingerprint density at radius 1 is 0.854 bits per heavy atom. The fraction of sp³-hybridized carbons (Fsp3) is 0.257. The number of H-pyrrole nitrogens is 1. The van der Waals surface area contributed by atoms with Gasteiger partial charge in [-0.15, -0.1) is 5.10 Å². The molecular weight excluding hydrogens is 614 g/mol. The summed E-state index contributed by atoms with van der Waals surface area (Å²) >= 11 is 0. The zero-order valence-electron chi connectivity index (χ0n) is 26.2. The van der Waals surface area contributed by atoms with Crippen LogP contribution in [0.2, 0.25) is 0 Å². The molecule has 2 amide bonds. The van der Waals surface area contributed by atoms with Gasteiger partial charge in [0, 0.05) is 37.1 Å². The van der Waals surface area contributed by atoms with Crippen molar-refractivity contribution in [3.05, 3.63) is 113 Å². The molecule has 6 rings (SSSR count). The monoisotopic (exact) mass is 649 g/mol. The minimum atomic E-state index is -1.51. The first-order valence-corrected chi connectivity index (χ1v) is 15.7. The summed E-state index contributed by atoms with van der Waals surface area (Å²) in [4.78, 5) is 57.7. The number of amides is 2. The molecule has 0 spiro atoms. The van der Waals surface area contributed by atoms with Gasteiger partial charge in [-0.05, 0) is 41.8 Å². The molecular formula is C35H35N7O6. The molecule has 246 valence electrons. The van der Waals surface area contributed by atoms with Crippen LogP contribution in [0.3, 0.4) is 0 Å². The molecule has 1 fully saturated rings. The molecule has 5 aromatic rings. The second-order valence-corrected chi connectivity index (χ2v) is 11.7.